The van der Waals surface area contributed by atoms with Crippen molar-refractivity contribution >= 4 is 50.4 Å². The third-order valence-corrected chi connectivity index (χ3v) is 15.4. The molecular weight excluding hydrogens is 685 g/mol. The quantitative estimate of drug-likeness (QED) is 0.203. The number of carbonyl (C=O) groups excluding carboxylic acids is 5. The normalized spacial score (nSPS) is 27.1. The first-order valence-electron chi connectivity index (χ1n) is 19.3. The number of Topliss-reactive ketones (excluding diaryl/α,β-unsaturated/α-hetero) is 4. The third kappa shape index (κ3) is 10.0. The Kier molecular flexibility index (Phi) is 14.1. The van der Waals surface area contributed by atoms with Gasteiger partial charge in [0.25, 0.3) is 10.0 Å². The topological polar surface area (TPSA) is 126 Å². The standard InChI is InChI=1S/C40H62N2O7S2/c1-8-17-32(44)37(46)27-18-14-12-10-9-11-13-15-19-28(38(47)42-26-31-35(40(31,5)6)36(42)33(45)23-27)22-30(43)24-29(39(2,3)4)25-41(7)51(48,49)34-20-16-21-50-34/h16,20-21,27-29,31,35-36H,8-15,17-19,22-26H2,1-7H3/t27-,28-,29-,31+,35+,36-/m1/s1. The fraction of sp³-hybridized carbons (Fsp3) is 0.775. The summed E-state index contributed by atoms with van der Waals surface area (Å²) in [5.74, 6) is -2.55. The Hall–Kier alpha value is -2.24. The van der Waals surface area contributed by atoms with Gasteiger partial charge in [0, 0.05) is 57.7 Å². The molecule has 1 aromatic rings. The highest BCUT2D eigenvalue weighted by Crippen LogP contribution is 2.65. The molecule has 1 aromatic heterocycles. The molecule has 1 saturated carbocycles. The van der Waals surface area contributed by atoms with Crippen LogP contribution < -0.4 is 0 Å². The molecule has 51 heavy (non-hydrogen) atoms. The summed E-state index contributed by atoms with van der Waals surface area (Å²) < 4.78 is 28.1. The highest BCUT2D eigenvalue weighted by molar-refractivity contribution is 7.91. The maximum atomic E-state index is 14.5. The van der Waals surface area contributed by atoms with Gasteiger partial charge in [-0.3, -0.25) is 24.0 Å². The lowest BCUT2D eigenvalue weighted by atomic mass is 9.76. The first kappa shape index (κ1) is 41.5. The molecule has 1 aliphatic carbocycles. The fourth-order valence-corrected chi connectivity index (χ4v) is 11.0. The van der Waals surface area contributed by atoms with Crippen LogP contribution in [0.25, 0.3) is 0 Å². The smallest absolute Gasteiger partial charge is 0.252 e. The first-order valence-corrected chi connectivity index (χ1v) is 21.6. The molecule has 0 bridgehead atoms. The molecule has 0 aromatic carbocycles. The highest BCUT2D eigenvalue weighted by Gasteiger charge is 2.69. The maximum Gasteiger partial charge on any atom is 0.252 e. The van der Waals surface area contributed by atoms with Crippen molar-refractivity contribution in [3.05, 3.63) is 17.5 Å². The van der Waals surface area contributed by atoms with Crippen molar-refractivity contribution in [2.45, 2.75) is 142 Å². The Balaban J connectivity index is 1.55. The van der Waals surface area contributed by atoms with E-state index in [9.17, 15) is 32.4 Å². The fourth-order valence-electron chi connectivity index (χ4n) is 8.61. The molecule has 6 atom stereocenters. The lowest BCUT2D eigenvalue weighted by Crippen LogP contribution is -2.48. The molecule has 3 fully saturated rings. The van der Waals surface area contributed by atoms with E-state index in [1.165, 1.54) is 15.6 Å². The predicted octanol–water partition coefficient (Wildman–Crippen LogP) is 7.52. The number of piperidine rings is 1. The summed E-state index contributed by atoms with van der Waals surface area (Å²) in [5, 5.41) is 1.73. The molecule has 4 rings (SSSR count). The lowest BCUT2D eigenvalue weighted by Gasteiger charge is -2.35. The second-order valence-electron chi connectivity index (χ2n) is 17.3. The van der Waals surface area contributed by atoms with E-state index in [-0.39, 0.29) is 82.5 Å². The predicted molar refractivity (Wildman–Crippen MR) is 201 cm³/mol. The van der Waals surface area contributed by atoms with Crippen molar-refractivity contribution in [1.29, 1.82) is 0 Å². The maximum absolute atomic E-state index is 14.5. The van der Waals surface area contributed by atoms with Gasteiger partial charge in [0.05, 0.1) is 6.04 Å². The molecule has 0 N–H and O–H groups in total. The molecule has 3 heterocycles. The van der Waals surface area contributed by atoms with Crippen molar-refractivity contribution in [1.82, 2.24) is 9.21 Å². The van der Waals surface area contributed by atoms with Crippen LogP contribution in [-0.2, 0) is 34.0 Å². The van der Waals surface area contributed by atoms with Gasteiger partial charge < -0.3 is 4.90 Å². The number of nitrogens with zero attached hydrogens (tertiary/aromatic N) is 2. The molecule has 0 radical (unpaired) electrons. The van der Waals surface area contributed by atoms with Gasteiger partial charge >= 0.3 is 0 Å². The van der Waals surface area contributed by atoms with Gasteiger partial charge in [-0.1, -0.05) is 92.6 Å². The summed E-state index contributed by atoms with van der Waals surface area (Å²) in [6, 6.07) is 2.64. The number of hydrogen-bond acceptors (Lipinski definition) is 8. The van der Waals surface area contributed by atoms with Gasteiger partial charge in [-0.25, -0.2) is 8.42 Å². The van der Waals surface area contributed by atoms with Crippen LogP contribution in [0.3, 0.4) is 0 Å². The van der Waals surface area contributed by atoms with Crippen LogP contribution in [-0.4, -0.2) is 72.8 Å². The molecule has 0 spiro atoms. The average Bonchev–Trinajstić information content (AvgIpc) is 3.51. The SMILES string of the molecule is CCCC(=O)C(=O)[C@@H]1CCCCCCCCC[C@H](CC(=O)C[C@H](CN(C)S(=O)(=O)c2cccs2)C(C)(C)C)C(=O)N2C[C@H]3[C@@H]([C@H]2C(=O)C1)C3(C)C. The Labute approximate surface area is 310 Å². The van der Waals surface area contributed by atoms with E-state index in [0.717, 1.165) is 44.9 Å². The molecule has 3 aliphatic rings. The lowest BCUT2D eigenvalue weighted by molar-refractivity contribution is -0.145. The molecular formula is C40H62N2O7S2. The van der Waals surface area contributed by atoms with E-state index < -0.39 is 39.5 Å². The van der Waals surface area contributed by atoms with Gasteiger partial charge in [0.15, 0.2) is 11.6 Å². The summed E-state index contributed by atoms with van der Waals surface area (Å²) in [4.78, 5) is 70.4. The number of ketones is 4. The Morgan fingerprint density at radius 1 is 1.02 bits per heavy atom. The summed E-state index contributed by atoms with van der Waals surface area (Å²) in [6.07, 6.45) is 8.56. The molecule has 9 nitrogen and oxygen atoms in total. The van der Waals surface area contributed by atoms with Crippen LogP contribution in [0.1, 0.15) is 131 Å². The van der Waals surface area contributed by atoms with Gasteiger partial charge in [-0.2, -0.15) is 4.31 Å². The Morgan fingerprint density at radius 2 is 1.65 bits per heavy atom. The number of sulfonamides is 1. The molecule has 2 aliphatic heterocycles. The van der Waals surface area contributed by atoms with Gasteiger partial charge in [-0.15, -0.1) is 11.3 Å². The van der Waals surface area contributed by atoms with Crippen LogP contribution in [0, 0.1) is 40.4 Å². The molecule has 1 amide bonds. The average molecular weight is 747 g/mol. The van der Waals surface area contributed by atoms with Crippen LogP contribution in [0.4, 0.5) is 0 Å². The number of rotatable bonds is 12. The van der Waals surface area contributed by atoms with E-state index in [1.807, 2.05) is 27.7 Å². The summed E-state index contributed by atoms with van der Waals surface area (Å²) in [7, 11) is -2.14. The van der Waals surface area contributed by atoms with Crippen LogP contribution in [0.15, 0.2) is 21.7 Å². The zero-order valence-corrected chi connectivity index (χ0v) is 33.7. The number of fused-ring (bicyclic) bond motifs is 3. The van der Waals surface area contributed by atoms with E-state index in [1.54, 1.807) is 29.5 Å². The zero-order valence-electron chi connectivity index (χ0n) is 32.1. The van der Waals surface area contributed by atoms with Gasteiger partial charge in [0.1, 0.15) is 9.99 Å². The number of carbonyl (C=O) groups is 5. The molecule has 2 saturated heterocycles. The van der Waals surface area contributed by atoms with E-state index in [4.69, 9.17) is 0 Å². The minimum Gasteiger partial charge on any atom is -0.332 e. The van der Waals surface area contributed by atoms with Crippen molar-refractivity contribution in [3.8, 4) is 0 Å². The second kappa shape index (κ2) is 17.3. The van der Waals surface area contributed by atoms with E-state index in [2.05, 4.69) is 13.8 Å². The van der Waals surface area contributed by atoms with Gasteiger partial charge in [0.2, 0.25) is 11.7 Å². The van der Waals surface area contributed by atoms with E-state index in [0.29, 0.717) is 25.8 Å². The van der Waals surface area contributed by atoms with Crippen LogP contribution >= 0.6 is 11.3 Å². The molecule has 11 heteroatoms. The van der Waals surface area contributed by atoms with Crippen LogP contribution in [0.5, 0.6) is 0 Å². The first-order chi connectivity index (χ1) is 23.9. The summed E-state index contributed by atoms with van der Waals surface area (Å²) >= 11 is 1.17. The van der Waals surface area contributed by atoms with Gasteiger partial charge in [-0.05, 0) is 59.3 Å². The monoisotopic (exact) mass is 746 g/mol. The Morgan fingerprint density at radius 3 is 2.24 bits per heavy atom. The molecule has 0 unspecified atom stereocenters. The number of amides is 1. The summed E-state index contributed by atoms with van der Waals surface area (Å²) in [6.45, 7) is 12.8. The third-order valence-electron chi connectivity index (χ3n) is 12.2. The number of thiophene rings is 1. The van der Waals surface area contributed by atoms with Crippen molar-refractivity contribution in [2.24, 2.45) is 40.4 Å². The van der Waals surface area contributed by atoms with Crippen LogP contribution in [0.2, 0.25) is 0 Å². The van der Waals surface area contributed by atoms with Crippen molar-refractivity contribution < 1.29 is 32.4 Å². The summed E-state index contributed by atoms with van der Waals surface area (Å²) in [5.41, 5.74) is -0.471. The second-order valence-corrected chi connectivity index (χ2v) is 20.5. The largest absolute Gasteiger partial charge is 0.332 e. The van der Waals surface area contributed by atoms with E-state index >= 15 is 0 Å². The highest BCUT2D eigenvalue weighted by atomic mass is 32.2. The molecule has 286 valence electrons. The Bertz CT molecular complexity index is 1510. The minimum absolute atomic E-state index is 0.00242. The minimum atomic E-state index is -3.69. The zero-order chi connectivity index (χ0) is 37.7. The number of hydrogen-bond donors (Lipinski definition) is 0. The van der Waals surface area contributed by atoms with Crippen molar-refractivity contribution in [3.63, 3.8) is 0 Å². The van der Waals surface area contributed by atoms with Crippen molar-refractivity contribution in [2.75, 3.05) is 20.1 Å².